The van der Waals surface area contributed by atoms with Gasteiger partial charge in [0.15, 0.2) is 0 Å². The first kappa shape index (κ1) is 14.4. The van der Waals surface area contributed by atoms with Gasteiger partial charge in [0.2, 0.25) is 0 Å². The van der Waals surface area contributed by atoms with Gasteiger partial charge in [-0.15, -0.1) is 0 Å². The maximum Gasteiger partial charge on any atom is 0.328 e. The van der Waals surface area contributed by atoms with Crippen molar-refractivity contribution in [3.8, 4) is 0 Å². The molecule has 1 aromatic carbocycles. The third-order valence-electron chi connectivity index (χ3n) is 2.53. The average Bonchev–Trinajstić information content (AvgIpc) is 2.35. The highest BCUT2D eigenvalue weighted by Crippen LogP contribution is 2.08. The number of hydrogen-bond donors (Lipinski definition) is 1. The van der Waals surface area contributed by atoms with Crippen molar-refractivity contribution in [3.05, 3.63) is 41.5 Å². The second kappa shape index (κ2) is 7.63. The summed E-state index contributed by atoms with van der Waals surface area (Å²) in [6.07, 6.45) is 2.72. The minimum atomic E-state index is -0.932. The van der Waals surface area contributed by atoms with Crippen molar-refractivity contribution in [1.29, 1.82) is 0 Å². The van der Waals surface area contributed by atoms with Crippen LogP contribution >= 0.6 is 0 Å². The molecule has 0 radical (unpaired) electrons. The summed E-state index contributed by atoms with van der Waals surface area (Å²) < 4.78 is 5.02. The van der Waals surface area contributed by atoms with Crippen molar-refractivity contribution in [1.82, 2.24) is 4.90 Å². The highest BCUT2D eigenvalue weighted by atomic mass is 16.5. The monoisotopic (exact) mass is 249 g/mol. The number of carboxylic acid groups (broad SMARTS) is 1. The Bertz CT molecular complexity index is 398. The van der Waals surface area contributed by atoms with E-state index in [1.807, 2.05) is 31.3 Å². The van der Waals surface area contributed by atoms with E-state index in [2.05, 4.69) is 4.90 Å². The SMILES string of the molecule is COCCN(C)Cc1ccc(C=CC(=O)O)cc1. The van der Waals surface area contributed by atoms with Crippen LogP contribution in [0.4, 0.5) is 0 Å². The number of rotatable bonds is 7. The lowest BCUT2D eigenvalue weighted by molar-refractivity contribution is -0.131. The molecule has 0 aromatic heterocycles. The van der Waals surface area contributed by atoms with Gasteiger partial charge >= 0.3 is 5.97 Å². The van der Waals surface area contributed by atoms with Crippen molar-refractivity contribution in [2.75, 3.05) is 27.3 Å². The number of likely N-dealkylation sites (N-methyl/N-ethyl adjacent to an activating group) is 1. The molecule has 0 heterocycles. The Hall–Kier alpha value is -1.65. The number of hydrogen-bond acceptors (Lipinski definition) is 3. The Morgan fingerprint density at radius 2 is 2.06 bits per heavy atom. The molecule has 0 unspecified atom stereocenters. The summed E-state index contributed by atoms with van der Waals surface area (Å²) in [5.74, 6) is -0.932. The zero-order chi connectivity index (χ0) is 13.4. The third kappa shape index (κ3) is 5.61. The fraction of sp³-hybridized carbons (Fsp3) is 0.357. The fourth-order valence-corrected chi connectivity index (χ4v) is 1.54. The topological polar surface area (TPSA) is 49.8 Å². The van der Waals surface area contributed by atoms with E-state index in [4.69, 9.17) is 9.84 Å². The van der Waals surface area contributed by atoms with Crippen molar-refractivity contribution >= 4 is 12.0 Å². The van der Waals surface area contributed by atoms with E-state index in [-0.39, 0.29) is 0 Å². The van der Waals surface area contributed by atoms with Gasteiger partial charge in [0.1, 0.15) is 0 Å². The zero-order valence-electron chi connectivity index (χ0n) is 10.8. The first-order valence-electron chi connectivity index (χ1n) is 5.79. The van der Waals surface area contributed by atoms with E-state index in [0.717, 1.165) is 31.3 Å². The van der Waals surface area contributed by atoms with E-state index >= 15 is 0 Å². The standard InChI is InChI=1S/C14H19NO3/c1-15(9-10-18-2)11-13-5-3-12(4-6-13)7-8-14(16)17/h3-8H,9-11H2,1-2H3,(H,16,17). The van der Waals surface area contributed by atoms with Crippen LogP contribution in [0.5, 0.6) is 0 Å². The minimum Gasteiger partial charge on any atom is -0.478 e. The molecule has 0 spiro atoms. The molecule has 4 nitrogen and oxygen atoms in total. The first-order chi connectivity index (χ1) is 8.61. The summed E-state index contributed by atoms with van der Waals surface area (Å²) in [5.41, 5.74) is 2.08. The molecule has 0 aliphatic carbocycles. The smallest absolute Gasteiger partial charge is 0.328 e. The molecule has 0 aliphatic rings. The quantitative estimate of drug-likeness (QED) is 0.749. The third-order valence-corrected chi connectivity index (χ3v) is 2.53. The largest absolute Gasteiger partial charge is 0.478 e. The lowest BCUT2D eigenvalue weighted by atomic mass is 10.1. The Balaban J connectivity index is 2.52. The van der Waals surface area contributed by atoms with Crippen molar-refractivity contribution < 1.29 is 14.6 Å². The van der Waals surface area contributed by atoms with Crippen LogP contribution in [-0.4, -0.2) is 43.3 Å². The molecule has 0 aliphatic heterocycles. The summed E-state index contributed by atoms with van der Waals surface area (Å²) in [4.78, 5) is 12.6. The van der Waals surface area contributed by atoms with Gasteiger partial charge in [-0.2, -0.15) is 0 Å². The Morgan fingerprint density at radius 3 is 2.61 bits per heavy atom. The lowest BCUT2D eigenvalue weighted by Crippen LogP contribution is -2.22. The van der Waals surface area contributed by atoms with Crippen LogP contribution < -0.4 is 0 Å². The molecular formula is C14H19NO3. The van der Waals surface area contributed by atoms with Gasteiger partial charge in [0.25, 0.3) is 0 Å². The number of aliphatic carboxylic acids is 1. The molecule has 0 amide bonds. The summed E-state index contributed by atoms with van der Waals surface area (Å²) in [6.45, 7) is 2.46. The number of carboxylic acids is 1. The van der Waals surface area contributed by atoms with Gasteiger partial charge < -0.3 is 9.84 Å². The highest BCUT2D eigenvalue weighted by Gasteiger charge is 1.99. The van der Waals surface area contributed by atoms with Crippen LogP contribution in [-0.2, 0) is 16.1 Å². The van der Waals surface area contributed by atoms with E-state index in [0.29, 0.717) is 0 Å². The molecule has 0 saturated heterocycles. The summed E-state index contributed by atoms with van der Waals surface area (Å²) in [7, 11) is 3.73. The second-order valence-corrected chi connectivity index (χ2v) is 4.14. The van der Waals surface area contributed by atoms with Crippen LogP contribution in [0.1, 0.15) is 11.1 Å². The Kier molecular flexibility index (Phi) is 6.11. The minimum absolute atomic E-state index is 0.718. The van der Waals surface area contributed by atoms with Crippen molar-refractivity contribution in [2.24, 2.45) is 0 Å². The number of carbonyl (C=O) groups is 1. The second-order valence-electron chi connectivity index (χ2n) is 4.14. The molecule has 0 fully saturated rings. The fourth-order valence-electron chi connectivity index (χ4n) is 1.54. The van der Waals surface area contributed by atoms with E-state index in [1.165, 1.54) is 5.56 Å². The summed E-state index contributed by atoms with van der Waals surface area (Å²) >= 11 is 0. The number of methoxy groups -OCH3 is 1. The van der Waals surface area contributed by atoms with Crippen LogP contribution in [0.15, 0.2) is 30.3 Å². The molecule has 0 saturated carbocycles. The molecule has 4 heteroatoms. The van der Waals surface area contributed by atoms with Crippen LogP contribution in [0.2, 0.25) is 0 Å². The predicted octanol–water partition coefficient (Wildman–Crippen LogP) is 1.86. The molecule has 0 atom stereocenters. The maximum absolute atomic E-state index is 10.4. The predicted molar refractivity (Wildman–Crippen MR) is 71.3 cm³/mol. The normalized spacial score (nSPS) is 11.3. The number of benzene rings is 1. The van der Waals surface area contributed by atoms with Gasteiger partial charge in [-0.1, -0.05) is 24.3 Å². The van der Waals surface area contributed by atoms with Crippen molar-refractivity contribution in [3.63, 3.8) is 0 Å². The van der Waals surface area contributed by atoms with Crippen molar-refractivity contribution in [2.45, 2.75) is 6.54 Å². The van der Waals surface area contributed by atoms with Gasteiger partial charge in [0, 0.05) is 26.3 Å². The highest BCUT2D eigenvalue weighted by molar-refractivity contribution is 5.85. The van der Waals surface area contributed by atoms with Gasteiger partial charge in [-0.25, -0.2) is 4.79 Å². The van der Waals surface area contributed by atoms with Crippen LogP contribution in [0.25, 0.3) is 6.08 Å². The van der Waals surface area contributed by atoms with E-state index < -0.39 is 5.97 Å². The van der Waals surface area contributed by atoms with Gasteiger partial charge in [-0.3, -0.25) is 4.90 Å². The number of nitrogens with zero attached hydrogens (tertiary/aromatic N) is 1. The molecule has 18 heavy (non-hydrogen) atoms. The van der Waals surface area contributed by atoms with E-state index in [9.17, 15) is 4.79 Å². The summed E-state index contributed by atoms with van der Waals surface area (Å²) in [6, 6.07) is 7.84. The Labute approximate surface area is 107 Å². The molecule has 1 rings (SSSR count). The summed E-state index contributed by atoms with van der Waals surface area (Å²) in [5, 5.41) is 8.53. The maximum atomic E-state index is 10.4. The van der Waals surface area contributed by atoms with Crippen LogP contribution in [0, 0.1) is 0 Å². The zero-order valence-corrected chi connectivity index (χ0v) is 10.8. The molecule has 1 N–H and O–H groups in total. The average molecular weight is 249 g/mol. The molecule has 98 valence electrons. The molecule has 0 bridgehead atoms. The first-order valence-corrected chi connectivity index (χ1v) is 5.79. The lowest BCUT2D eigenvalue weighted by Gasteiger charge is -2.15. The van der Waals surface area contributed by atoms with E-state index in [1.54, 1.807) is 13.2 Å². The Morgan fingerprint density at radius 1 is 1.39 bits per heavy atom. The molecule has 1 aromatic rings. The van der Waals surface area contributed by atoms with Crippen LogP contribution in [0.3, 0.4) is 0 Å². The molecular weight excluding hydrogens is 230 g/mol. The number of ether oxygens (including phenoxy) is 1. The van der Waals surface area contributed by atoms with Gasteiger partial charge in [-0.05, 0) is 24.3 Å². The van der Waals surface area contributed by atoms with Gasteiger partial charge in [0.05, 0.1) is 6.61 Å².